The van der Waals surface area contributed by atoms with Crippen LogP contribution in [0.5, 0.6) is 5.75 Å². The van der Waals surface area contributed by atoms with E-state index in [1.54, 1.807) is 11.3 Å². The summed E-state index contributed by atoms with van der Waals surface area (Å²) in [7, 11) is 4.90. The molecule has 2 aromatic carbocycles. The number of carbonyl (C=O) groups excluding carboxylic acids is 1. The topological polar surface area (TPSA) is 52.6 Å². The van der Waals surface area contributed by atoms with Gasteiger partial charge in [0.05, 0.1) is 13.2 Å². The summed E-state index contributed by atoms with van der Waals surface area (Å²) in [6, 6.07) is 11.4. The molecular formula is C19H17BO4S. The summed E-state index contributed by atoms with van der Waals surface area (Å²) in [5, 5.41) is 1.43. The minimum Gasteiger partial charge on any atom is -0.494 e. The second-order valence-corrected chi connectivity index (χ2v) is 6.82. The van der Waals surface area contributed by atoms with E-state index in [9.17, 15) is 9.59 Å². The minimum absolute atomic E-state index is 0.0350. The Kier molecular flexibility index (Phi) is 5.39. The van der Waals surface area contributed by atoms with Gasteiger partial charge in [-0.2, -0.15) is 0 Å². The molecule has 0 bridgehead atoms. The highest BCUT2D eigenvalue weighted by Crippen LogP contribution is 2.30. The second kappa shape index (κ2) is 7.70. The van der Waals surface area contributed by atoms with E-state index in [0.717, 1.165) is 26.8 Å². The van der Waals surface area contributed by atoms with Gasteiger partial charge in [-0.1, -0.05) is 12.1 Å². The molecule has 0 amide bonds. The Hall–Kier alpha value is -2.34. The third-order valence-electron chi connectivity index (χ3n) is 3.89. The van der Waals surface area contributed by atoms with Crippen LogP contribution in [-0.2, 0) is 4.74 Å². The van der Waals surface area contributed by atoms with Gasteiger partial charge in [-0.3, -0.25) is 9.59 Å². The Morgan fingerprint density at radius 3 is 2.68 bits per heavy atom. The van der Waals surface area contributed by atoms with Crippen molar-refractivity contribution in [1.82, 2.24) is 0 Å². The van der Waals surface area contributed by atoms with Gasteiger partial charge in [0.2, 0.25) is 13.7 Å². The zero-order valence-corrected chi connectivity index (χ0v) is 14.7. The molecule has 6 heteroatoms. The summed E-state index contributed by atoms with van der Waals surface area (Å²) in [4.78, 5) is 23.2. The van der Waals surface area contributed by atoms with E-state index in [1.165, 1.54) is 0 Å². The van der Waals surface area contributed by atoms with E-state index < -0.39 is 5.87 Å². The van der Waals surface area contributed by atoms with Gasteiger partial charge in [0.25, 0.3) is 0 Å². The molecule has 1 heterocycles. The number of ether oxygens (including phenoxy) is 2. The summed E-state index contributed by atoms with van der Waals surface area (Å²) in [5.41, 5.74) is 1.06. The Morgan fingerprint density at radius 2 is 1.88 bits per heavy atom. The average Bonchev–Trinajstić information content (AvgIpc) is 2.59. The van der Waals surface area contributed by atoms with Crippen molar-refractivity contribution in [3.05, 3.63) is 52.2 Å². The van der Waals surface area contributed by atoms with Gasteiger partial charge in [0.15, 0.2) is 5.43 Å². The van der Waals surface area contributed by atoms with Crippen molar-refractivity contribution in [3.63, 3.8) is 0 Å². The first kappa shape index (κ1) is 17.5. The SMILES string of the molecule is [B]C(=O)OCCCCOc1cc(C)c2sc3ccccc3c(=O)c2c1. The van der Waals surface area contributed by atoms with Crippen LogP contribution >= 0.6 is 11.3 Å². The normalized spacial score (nSPS) is 10.9. The molecule has 0 N–H and O–H groups in total. The molecule has 0 fully saturated rings. The smallest absolute Gasteiger partial charge is 0.235 e. The number of benzene rings is 2. The van der Waals surface area contributed by atoms with Crippen LogP contribution < -0.4 is 10.2 Å². The van der Waals surface area contributed by atoms with Gasteiger partial charge in [0.1, 0.15) is 5.75 Å². The highest BCUT2D eigenvalue weighted by Gasteiger charge is 2.10. The molecule has 0 aliphatic carbocycles. The molecule has 0 unspecified atom stereocenters. The van der Waals surface area contributed by atoms with Crippen molar-refractivity contribution in [2.45, 2.75) is 19.8 Å². The molecular weight excluding hydrogens is 335 g/mol. The quantitative estimate of drug-likeness (QED) is 0.379. The first-order chi connectivity index (χ1) is 12.1. The molecule has 3 aromatic rings. The van der Waals surface area contributed by atoms with E-state index in [2.05, 4.69) is 4.74 Å². The number of hydrogen-bond donors (Lipinski definition) is 0. The zero-order valence-electron chi connectivity index (χ0n) is 13.9. The predicted octanol–water partition coefficient (Wildman–Crippen LogP) is 4.19. The van der Waals surface area contributed by atoms with Gasteiger partial charge in [-0.15, -0.1) is 11.3 Å². The Labute approximate surface area is 150 Å². The molecule has 1 aromatic heterocycles. The first-order valence-electron chi connectivity index (χ1n) is 8.07. The van der Waals surface area contributed by atoms with Crippen LogP contribution in [0.2, 0.25) is 0 Å². The van der Waals surface area contributed by atoms with Crippen molar-refractivity contribution in [2.75, 3.05) is 13.2 Å². The van der Waals surface area contributed by atoms with E-state index in [4.69, 9.17) is 12.6 Å². The fourth-order valence-corrected chi connectivity index (χ4v) is 3.81. The van der Waals surface area contributed by atoms with Crippen molar-refractivity contribution >= 4 is 45.2 Å². The summed E-state index contributed by atoms with van der Waals surface area (Å²) < 4.78 is 12.4. The number of carbonyl (C=O) groups is 1. The molecule has 0 spiro atoms. The molecule has 0 atom stereocenters. The number of rotatable bonds is 6. The molecule has 3 rings (SSSR count). The number of aryl methyl sites for hydroxylation is 1. The molecule has 2 radical (unpaired) electrons. The van der Waals surface area contributed by atoms with Crippen molar-refractivity contribution < 1.29 is 14.3 Å². The zero-order chi connectivity index (χ0) is 17.8. The van der Waals surface area contributed by atoms with E-state index in [1.807, 2.05) is 43.3 Å². The Bertz CT molecular complexity index is 980. The third-order valence-corrected chi connectivity index (χ3v) is 5.21. The lowest BCUT2D eigenvalue weighted by atomic mass is 10.1. The van der Waals surface area contributed by atoms with Crippen LogP contribution in [0.1, 0.15) is 18.4 Å². The van der Waals surface area contributed by atoms with E-state index in [0.29, 0.717) is 24.2 Å². The first-order valence-corrected chi connectivity index (χ1v) is 8.89. The summed E-state index contributed by atoms with van der Waals surface area (Å²) in [6.45, 7) is 2.76. The monoisotopic (exact) mass is 352 g/mol. The highest BCUT2D eigenvalue weighted by molar-refractivity contribution is 7.24. The number of hydrogen-bond acceptors (Lipinski definition) is 5. The molecule has 4 nitrogen and oxygen atoms in total. The fraction of sp³-hybridized carbons (Fsp3) is 0.263. The van der Waals surface area contributed by atoms with Crippen LogP contribution in [-0.4, -0.2) is 26.9 Å². The van der Waals surface area contributed by atoms with E-state index >= 15 is 0 Å². The number of unbranched alkanes of at least 4 members (excludes halogenated alkanes) is 1. The molecule has 0 saturated heterocycles. The molecule has 0 aliphatic rings. The van der Waals surface area contributed by atoms with Crippen molar-refractivity contribution in [3.8, 4) is 5.75 Å². The lowest BCUT2D eigenvalue weighted by Crippen LogP contribution is -2.06. The lowest BCUT2D eigenvalue weighted by molar-refractivity contribution is 0.167. The van der Waals surface area contributed by atoms with Gasteiger partial charge in [-0.05, 0) is 49.6 Å². The van der Waals surface area contributed by atoms with Gasteiger partial charge >= 0.3 is 0 Å². The summed E-state index contributed by atoms with van der Waals surface area (Å²) >= 11 is 1.62. The van der Waals surface area contributed by atoms with Crippen LogP contribution in [0, 0.1) is 6.92 Å². The maximum Gasteiger partial charge on any atom is 0.235 e. The lowest BCUT2D eigenvalue weighted by Gasteiger charge is -2.10. The summed E-state index contributed by atoms with van der Waals surface area (Å²) in [6.07, 6.45) is 1.41. The van der Waals surface area contributed by atoms with Gasteiger partial charge < -0.3 is 9.47 Å². The van der Waals surface area contributed by atoms with Crippen molar-refractivity contribution in [1.29, 1.82) is 0 Å². The van der Waals surface area contributed by atoms with Crippen LogP contribution in [0.4, 0.5) is 4.79 Å². The molecule has 0 aliphatic heterocycles. The molecule has 126 valence electrons. The maximum absolute atomic E-state index is 12.8. The molecule has 0 saturated carbocycles. The predicted molar refractivity (Wildman–Crippen MR) is 102 cm³/mol. The maximum atomic E-state index is 12.8. The van der Waals surface area contributed by atoms with Gasteiger partial charge in [-0.25, -0.2) is 0 Å². The highest BCUT2D eigenvalue weighted by atomic mass is 32.1. The molecule has 25 heavy (non-hydrogen) atoms. The Morgan fingerprint density at radius 1 is 1.12 bits per heavy atom. The minimum atomic E-state index is -0.762. The van der Waals surface area contributed by atoms with Crippen LogP contribution in [0.15, 0.2) is 41.2 Å². The number of fused-ring (bicyclic) bond motifs is 2. The Balaban J connectivity index is 1.79. The average molecular weight is 352 g/mol. The van der Waals surface area contributed by atoms with Crippen molar-refractivity contribution in [2.24, 2.45) is 0 Å². The fourth-order valence-electron chi connectivity index (χ4n) is 2.69. The van der Waals surface area contributed by atoms with Crippen LogP contribution in [0.3, 0.4) is 0 Å². The second-order valence-electron chi connectivity index (χ2n) is 5.77. The third kappa shape index (κ3) is 4.02. The standard InChI is InChI=1S/C19H17BO4S/c1-12-10-13(23-8-4-5-9-24-19(20)22)11-15-17(21)14-6-2-3-7-16(14)25-18(12)15/h2-3,6-7,10-11H,4-5,8-9H2,1H3. The largest absolute Gasteiger partial charge is 0.494 e. The van der Waals surface area contributed by atoms with Gasteiger partial charge in [0, 0.05) is 20.2 Å². The van der Waals surface area contributed by atoms with Crippen LogP contribution in [0.25, 0.3) is 20.2 Å². The summed E-state index contributed by atoms with van der Waals surface area (Å²) in [5.74, 6) is -0.0806. The van der Waals surface area contributed by atoms with E-state index in [-0.39, 0.29) is 12.0 Å².